The van der Waals surface area contributed by atoms with Crippen LogP contribution in [-0.4, -0.2) is 45.0 Å². The van der Waals surface area contributed by atoms with Crippen LogP contribution in [0.3, 0.4) is 0 Å². The lowest BCUT2D eigenvalue weighted by atomic mass is 9.91. The standard InChI is InChI=1S/C16H24ClN3O3/c1-15(2,3)23-14(21)19-8-5-16(22,6-9-19)11-20-7-4-12(18)10-13(20)17/h4,7,10,18,22H,5-6,8-9,11H2,1-3H3. The van der Waals surface area contributed by atoms with Gasteiger partial charge < -0.3 is 24.7 Å². The number of likely N-dealkylation sites (tertiary alicyclic amines) is 1. The Bertz CT molecular complexity index is 628. The van der Waals surface area contributed by atoms with Crippen molar-refractivity contribution in [2.45, 2.75) is 51.4 Å². The van der Waals surface area contributed by atoms with Crippen molar-refractivity contribution in [3.63, 3.8) is 0 Å². The van der Waals surface area contributed by atoms with Gasteiger partial charge in [0.15, 0.2) is 0 Å². The second-order valence-electron chi connectivity index (χ2n) is 7.06. The Labute approximate surface area is 141 Å². The highest BCUT2D eigenvalue weighted by Gasteiger charge is 2.35. The van der Waals surface area contributed by atoms with Crippen molar-refractivity contribution >= 4 is 17.7 Å². The van der Waals surface area contributed by atoms with E-state index >= 15 is 0 Å². The Morgan fingerprint density at radius 3 is 2.57 bits per heavy atom. The molecule has 2 heterocycles. The van der Waals surface area contributed by atoms with Crippen LogP contribution in [0, 0.1) is 5.41 Å². The molecule has 1 aliphatic rings. The van der Waals surface area contributed by atoms with E-state index in [-0.39, 0.29) is 6.09 Å². The lowest BCUT2D eigenvalue weighted by Gasteiger charge is -2.39. The van der Waals surface area contributed by atoms with Crippen molar-refractivity contribution in [1.29, 1.82) is 5.41 Å². The van der Waals surface area contributed by atoms with Crippen LogP contribution in [0.1, 0.15) is 33.6 Å². The van der Waals surface area contributed by atoms with Gasteiger partial charge >= 0.3 is 6.09 Å². The minimum absolute atomic E-state index is 0.331. The molecule has 1 aromatic heterocycles. The summed E-state index contributed by atoms with van der Waals surface area (Å²) in [6, 6.07) is 3.17. The van der Waals surface area contributed by atoms with Crippen molar-refractivity contribution in [3.05, 3.63) is 28.8 Å². The number of amides is 1. The van der Waals surface area contributed by atoms with E-state index in [0.717, 1.165) is 0 Å². The summed E-state index contributed by atoms with van der Waals surface area (Å²) in [6.07, 6.45) is 2.27. The predicted molar refractivity (Wildman–Crippen MR) is 87.3 cm³/mol. The van der Waals surface area contributed by atoms with Crippen LogP contribution in [0.5, 0.6) is 0 Å². The molecule has 0 aliphatic carbocycles. The fourth-order valence-electron chi connectivity index (χ4n) is 2.54. The number of halogens is 1. The number of hydrogen-bond acceptors (Lipinski definition) is 4. The molecule has 7 heteroatoms. The number of pyridine rings is 1. The zero-order chi connectivity index (χ0) is 17.3. The highest BCUT2D eigenvalue weighted by Crippen LogP contribution is 2.26. The Hall–Kier alpha value is -1.53. The van der Waals surface area contributed by atoms with E-state index in [9.17, 15) is 9.90 Å². The third-order valence-corrected chi connectivity index (χ3v) is 4.12. The minimum atomic E-state index is -0.920. The number of nitrogens with zero attached hydrogens (tertiary/aromatic N) is 2. The second-order valence-corrected chi connectivity index (χ2v) is 7.45. The molecule has 0 radical (unpaired) electrons. The summed E-state index contributed by atoms with van der Waals surface area (Å²) in [7, 11) is 0. The third-order valence-electron chi connectivity index (χ3n) is 3.79. The van der Waals surface area contributed by atoms with E-state index < -0.39 is 11.2 Å². The van der Waals surface area contributed by atoms with Gasteiger partial charge in [-0.1, -0.05) is 11.6 Å². The first kappa shape index (κ1) is 17.8. The maximum atomic E-state index is 12.0. The van der Waals surface area contributed by atoms with E-state index in [2.05, 4.69) is 0 Å². The van der Waals surface area contributed by atoms with Crippen LogP contribution in [-0.2, 0) is 11.3 Å². The Morgan fingerprint density at radius 2 is 2.04 bits per heavy atom. The number of piperidine rings is 1. The van der Waals surface area contributed by atoms with Gasteiger partial charge in [0.25, 0.3) is 0 Å². The van der Waals surface area contributed by atoms with Crippen molar-refractivity contribution in [1.82, 2.24) is 9.47 Å². The van der Waals surface area contributed by atoms with Crippen LogP contribution in [0.2, 0.25) is 5.15 Å². The van der Waals surface area contributed by atoms with Gasteiger partial charge in [0, 0.05) is 19.3 Å². The van der Waals surface area contributed by atoms with E-state index in [1.165, 1.54) is 0 Å². The summed E-state index contributed by atoms with van der Waals surface area (Å²) in [5.41, 5.74) is -1.44. The lowest BCUT2D eigenvalue weighted by molar-refractivity contribution is -0.0414. The van der Waals surface area contributed by atoms with Crippen LogP contribution >= 0.6 is 11.6 Å². The molecule has 6 nitrogen and oxygen atoms in total. The summed E-state index contributed by atoms with van der Waals surface area (Å²) < 4.78 is 7.08. The second kappa shape index (κ2) is 6.53. The molecular formula is C16H24ClN3O3. The molecule has 0 bridgehead atoms. The molecular weight excluding hydrogens is 318 g/mol. The molecule has 0 saturated carbocycles. The molecule has 1 fully saturated rings. The van der Waals surface area contributed by atoms with Gasteiger partial charge in [-0.05, 0) is 45.7 Å². The van der Waals surface area contributed by atoms with Crippen molar-refractivity contribution in [3.8, 4) is 0 Å². The van der Waals surface area contributed by atoms with Crippen molar-refractivity contribution in [2.24, 2.45) is 0 Å². The summed E-state index contributed by atoms with van der Waals surface area (Å²) in [5, 5.41) is 19.0. The minimum Gasteiger partial charge on any atom is -0.444 e. The van der Waals surface area contributed by atoms with E-state index in [0.29, 0.717) is 43.0 Å². The van der Waals surface area contributed by atoms with E-state index in [1.54, 1.807) is 27.8 Å². The van der Waals surface area contributed by atoms with Gasteiger partial charge in [0.2, 0.25) is 0 Å². The number of ether oxygens (including phenoxy) is 1. The molecule has 2 N–H and O–H groups in total. The molecule has 1 aromatic rings. The summed E-state index contributed by atoms with van der Waals surface area (Å²) in [5.74, 6) is 0. The Morgan fingerprint density at radius 1 is 1.43 bits per heavy atom. The van der Waals surface area contributed by atoms with Gasteiger partial charge in [-0.25, -0.2) is 4.79 Å². The Balaban J connectivity index is 1.97. The fourth-order valence-corrected chi connectivity index (χ4v) is 2.77. The van der Waals surface area contributed by atoms with E-state index in [4.69, 9.17) is 21.7 Å². The first-order valence-electron chi connectivity index (χ1n) is 7.69. The average molecular weight is 342 g/mol. The number of hydrogen-bond donors (Lipinski definition) is 2. The van der Waals surface area contributed by atoms with Gasteiger partial charge in [0.05, 0.1) is 17.5 Å². The van der Waals surface area contributed by atoms with Gasteiger partial charge in [-0.3, -0.25) is 0 Å². The van der Waals surface area contributed by atoms with Crippen molar-refractivity contribution in [2.75, 3.05) is 13.1 Å². The lowest BCUT2D eigenvalue weighted by Crippen LogP contribution is -2.49. The normalized spacial score (nSPS) is 17.9. The maximum Gasteiger partial charge on any atom is 0.410 e. The molecule has 0 unspecified atom stereocenters. The SMILES string of the molecule is CC(C)(C)OC(=O)N1CCC(O)(Cn2ccc(=N)cc2Cl)CC1. The number of nitrogens with one attached hydrogen (secondary N) is 1. The highest BCUT2D eigenvalue weighted by molar-refractivity contribution is 6.29. The molecule has 1 saturated heterocycles. The molecule has 128 valence electrons. The van der Waals surface area contributed by atoms with E-state index in [1.807, 2.05) is 20.8 Å². The zero-order valence-electron chi connectivity index (χ0n) is 13.8. The quantitative estimate of drug-likeness (QED) is 0.811. The predicted octanol–water partition coefficient (Wildman–Crippen LogP) is 2.38. The van der Waals surface area contributed by atoms with Gasteiger partial charge in [0.1, 0.15) is 10.8 Å². The summed E-state index contributed by atoms with van der Waals surface area (Å²) in [4.78, 5) is 13.7. The topological polar surface area (TPSA) is 78.5 Å². The highest BCUT2D eigenvalue weighted by atomic mass is 35.5. The molecule has 0 aromatic carbocycles. The number of aromatic nitrogens is 1. The van der Waals surface area contributed by atoms with Crippen LogP contribution in [0.4, 0.5) is 4.79 Å². The molecule has 1 amide bonds. The van der Waals surface area contributed by atoms with Gasteiger partial charge in [-0.2, -0.15) is 0 Å². The fraction of sp³-hybridized carbons (Fsp3) is 0.625. The largest absolute Gasteiger partial charge is 0.444 e. The number of aliphatic hydroxyl groups is 1. The van der Waals surface area contributed by atoms with Crippen LogP contribution in [0.15, 0.2) is 18.3 Å². The van der Waals surface area contributed by atoms with Crippen LogP contribution in [0.25, 0.3) is 0 Å². The maximum absolute atomic E-state index is 12.0. The molecule has 1 aliphatic heterocycles. The summed E-state index contributed by atoms with van der Waals surface area (Å²) in [6.45, 7) is 6.73. The first-order valence-corrected chi connectivity index (χ1v) is 8.07. The average Bonchev–Trinajstić information content (AvgIpc) is 2.41. The number of carbonyl (C=O) groups is 1. The smallest absolute Gasteiger partial charge is 0.410 e. The summed E-state index contributed by atoms with van der Waals surface area (Å²) >= 11 is 6.11. The monoisotopic (exact) mass is 341 g/mol. The number of rotatable bonds is 2. The van der Waals surface area contributed by atoms with Crippen molar-refractivity contribution < 1.29 is 14.6 Å². The molecule has 2 rings (SSSR count). The molecule has 0 atom stereocenters. The first-order chi connectivity index (χ1) is 10.6. The number of carbonyl (C=O) groups excluding carboxylic acids is 1. The van der Waals surface area contributed by atoms with Crippen LogP contribution < -0.4 is 5.36 Å². The zero-order valence-corrected chi connectivity index (χ0v) is 14.6. The molecule has 23 heavy (non-hydrogen) atoms. The third kappa shape index (κ3) is 4.97. The molecule has 0 spiro atoms. The van der Waals surface area contributed by atoms with Gasteiger partial charge in [-0.15, -0.1) is 0 Å². The Kier molecular flexibility index (Phi) is 5.06.